The Kier molecular flexibility index (Phi) is 5.43. The number of hydrogen-bond acceptors (Lipinski definition) is 5. The molecule has 0 radical (unpaired) electrons. The SMILES string of the molecule is COc1ccccc1NC(=O)[C@@H](C)Sc1nncn1C(C)C. The van der Waals surface area contributed by atoms with E-state index in [1.165, 1.54) is 11.8 Å². The molecule has 7 heteroatoms. The van der Waals surface area contributed by atoms with Crippen molar-refractivity contribution in [3.8, 4) is 5.75 Å². The van der Waals surface area contributed by atoms with Crippen molar-refractivity contribution in [2.75, 3.05) is 12.4 Å². The van der Waals surface area contributed by atoms with Gasteiger partial charge in [-0.15, -0.1) is 10.2 Å². The molecule has 0 fully saturated rings. The highest BCUT2D eigenvalue weighted by atomic mass is 32.2. The van der Waals surface area contributed by atoms with Gasteiger partial charge in [-0.25, -0.2) is 0 Å². The van der Waals surface area contributed by atoms with E-state index >= 15 is 0 Å². The Balaban J connectivity index is 2.05. The van der Waals surface area contributed by atoms with E-state index in [1.54, 1.807) is 13.4 Å². The normalized spacial score (nSPS) is 12.2. The molecule has 0 aliphatic heterocycles. The molecule has 1 N–H and O–H groups in total. The lowest BCUT2D eigenvalue weighted by molar-refractivity contribution is -0.115. The number of carbonyl (C=O) groups is 1. The Labute approximate surface area is 134 Å². The fourth-order valence-electron chi connectivity index (χ4n) is 1.86. The number of nitrogens with one attached hydrogen (secondary N) is 1. The largest absolute Gasteiger partial charge is 0.495 e. The van der Waals surface area contributed by atoms with Crippen LogP contribution in [-0.4, -0.2) is 33.0 Å². The van der Waals surface area contributed by atoms with Crippen molar-refractivity contribution in [2.45, 2.75) is 37.2 Å². The minimum atomic E-state index is -0.299. The van der Waals surface area contributed by atoms with Gasteiger partial charge in [0.25, 0.3) is 0 Å². The van der Waals surface area contributed by atoms with Gasteiger partial charge >= 0.3 is 0 Å². The predicted molar refractivity (Wildman–Crippen MR) is 87.3 cm³/mol. The summed E-state index contributed by atoms with van der Waals surface area (Å²) in [4.78, 5) is 12.3. The molecule has 1 atom stereocenters. The van der Waals surface area contributed by atoms with Crippen LogP contribution in [0.2, 0.25) is 0 Å². The summed E-state index contributed by atoms with van der Waals surface area (Å²) in [6, 6.07) is 7.58. The highest BCUT2D eigenvalue weighted by Gasteiger charge is 2.19. The second-order valence-electron chi connectivity index (χ2n) is 5.06. The molecule has 2 aromatic rings. The molecular formula is C15H20N4O2S. The Bertz CT molecular complexity index is 642. The first kappa shape index (κ1) is 16.4. The zero-order chi connectivity index (χ0) is 16.1. The molecule has 0 spiro atoms. The summed E-state index contributed by atoms with van der Waals surface area (Å²) in [5, 5.41) is 11.3. The Morgan fingerprint density at radius 3 is 2.73 bits per heavy atom. The Morgan fingerprint density at radius 2 is 2.05 bits per heavy atom. The van der Waals surface area contributed by atoms with Gasteiger partial charge in [0, 0.05) is 6.04 Å². The zero-order valence-electron chi connectivity index (χ0n) is 13.1. The number of aromatic nitrogens is 3. The number of carbonyl (C=O) groups excluding carboxylic acids is 1. The van der Waals surface area contributed by atoms with Crippen molar-refractivity contribution in [1.82, 2.24) is 14.8 Å². The number of amides is 1. The van der Waals surface area contributed by atoms with Gasteiger partial charge in [-0.2, -0.15) is 0 Å². The van der Waals surface area contributed by atoms with Crippen molar-refractivity contribution in [1.29, 1.82) is 0 Å². The molecule has 118 valence electrons. The standard InChI is InChI=1S/C15H20N4O2S/c1-10(2)19-9-16-18-15(19)22-11(3)14(20)17-12-7-5-6-8-13(12)21-4/h5-11H,1-4H3,(H,17,20)/t11-/m1/s1. The maximum atomic E-state index is 12.3. The van der Waals surface area contributed by atoms with Gasteiger partial charge in [0.1, 0.15) is 12.1 Å². The number of para-hydroxylation sites is 2. The van der Waals surface area contributed by atoms with Crippen LogP contribution in [0.1, 0.15) is 26.8 Å². The topological polar surface area (TPSA) is 69.0 Å². The summed E-state index contributed by atoms with van der Waals surface area (Å²) in [5.74, 6) is 0.534. The van der Waals surface area contributed by atoms with Crippen LogP contribution >= 0.6 is 11.8 Å². The third kappa shape index (κ3) is 3.79. The Hall–Kier alpha value is -2.02. The van der Waals surface area contributed by atoms with Gasteiger partial charge in [0.15, 0.2) is 5.16 Å². The van der Waals surface area contributed by atoms with Gasteiger partial charge in [0.05, 0.1) is 18.0 Å². The molecular weight excluding hydrogens is 300 g/mol. The van der Waals surface area contributed by atoms with Gasteiger partial charge in [0.2, 0.25) is 5.91 Å². The first-order chi connectivity index (χ1) is 10.5. The van der Waals surface area contributed by atoms with Crippen LogP contribution in [0.4, 0.5) is 5.69 Å². The van der Waals surface area contributed by atoms with Crippen molar-refractivity contribution >= 4 is 23.4 Å². The number of benzene rings is 1. The van der Waals surface area contributed by atoms with Crippen molar-refractivity contribution in [3.05, 3.63) is 30.6 Å². The molecule has 0 saturated heterocycles. The average molecular weight is 320 g/mol. The van der Waals surface area contributed by atoms with Crippen LogP contribution in [0, 0.1) is 0 Å². The number of anilines is 1. The molecule has 0 bridgehead atoms. The monoisotopic (exact) mass is 320 g/mol. The van der Waals surface area contributed by atoms with E-state index in [1.807, 2.05) is 49.6 Å². The van der Waals surface area contributed by atoms with Gasteiger partial charge in [-0.3, -0.25) is 4.79 Å². The number of nitrogens with zero attached hydrogens (tertiary/aromatic N) is 3. The molecule has 1 aromatic carbocycles. The van der Waals surface area contributed by atoms with Crippen LogP contribution < -0.4 is 10.1 Å². The van der Waals surface area contributed by atoms with E-state index in [0.717, 1.165) is 5.16 Å². The number of hydrogen-bond donors (Lipinski definition) is 1. The molecule has 6 nitrogen and oxygen atoms in total. The summed E-state index contributed by atoms with van der Waals surface area (Å²) in [7, 11) is 1.58. The summed E-state index contributed by atoms with van der Waals surface area (Å²) in [6.07, 6.45) is 1.68. The van der Waals surface area contributed by atoms with E-state index in [2.05, 4.69) is 15.5 Å². The lowest BCUT2D eigenvalue weighted by atomic mass is 10.3. The van der Waals surface area contributed by atoms with Crippen molar-refractivity contribution in [2.24, 2.45) is 0 Å². The van der Waals surface area contributed by atoms with Gasteiger partial charge in [-0.1, -0.05) is 23.9 Å². The molecule has 22 heavy (non-hydrogen) atoms. The smallest absolute Gasteiger partial charge is 0.237 e. The number of thioether (sulfide) groups is 1. The van der Waals surface area contributed by atoms with Gasteiger partial charge in [-0.05, 0) is 32.9 Å². The van der Waals surface area contributed by atoms with E-state index in [-0.39, 0.29) is 17.2 Å². The highest BCUT2D eigenvalue weighted by Crippen LogP contribution is 2.27. The molecule has 0 aliphatic carbocycles. The van der Waals surface area contributed by atoms with Crippen molar-refractivity contribution < 1.29 is 9.53 Å². The van der Waals surface area contributed by atoms with Crippen LogP contribution in [0.5, 0.6) is 5.75 Å². The second kappa shape index (κ2) is 7.31. The molecule has 2 rings (SSSR count). The Morgan fingerprint density at radius 1 is 1.32 bits per heavy atom. The third-order valence-corrected chi connectivity index (χ3v) is 4.18. The first-order valence-electron chi connectivity index (χ1n) is 7.03. The predicted octanol–water partition coefficient (Wildman–Crippen LogP) is 2.99. The van der Waals surface area contributed by atoms with Gasteiger partial charge < -0.3 is 14.6 Å². The van der Waals surface area contributed by atoms with Crippen LogP contribution in [0.15, 0.2) is 35.7 Å². The summed E-state index contributed by atoms with van der Waals surface area (Å²) in [5.41, 5.74) is 0.660. The van der Waals surface area contributed by atoms with Crippen LogP contribution in [0.3, 0.4) is 0 Å². The molecule has 1 aromatic heterocycles. The third-order valence-electron chi connectivity index (χ3n) is 3.11. The maximum absolute atomic E-state index is 12.3. The minimum Gasteiger partial charge on any atom is -0.495 e. The number of methoxy groups -OCH3 is 1. The summed E-state index contributed by atoms with van der Waals surface area (Å²) in [6.45, 7) is 5.94. The summed E-state index contributed by atoms with van der Waals surface area (Å²) < 4.78 is 7.18. The minimum absolute atomic E-state index is 0.104. The van der Waals surface area contributed by atoms with Crippen LogP contribution in [0.25, 0.3) is 0 Å². The second-order valence-corrected chi connectivity index (χ2v) is 6.37. The molecule has 1 heterocycles. The fourth-order valence-corrected chi connectivity index (χ4v) is 2.82. The van der Waals surface area contributed by atoms with E-state index in [4.69, 9.17) is 4.74 Å². The first-order valence-corrected chi connectivity index (χ1v) is 7.91. The zero-order valence-corrected chi connectivity index (χ0v) is 13.9. The van der Waals surface area contributed by atoms with Crippen LogP contribution in [-0.2, 0) is 4.79 Å². The molecule has 1 amide bonds. The maximum Gasteiger partial charge on any atom is 0.237 e. The summed E-state index contributed by atoms with van der Waals surface area (Å²) >= 11 is 1.38. The highest BCUT2D eigenvalue weighted by molar-refractivity contribution is 8.00. The molecule has 0 unspecified atom stereocenters. The quantitative estimate of drug-likeness (QED) is 0.829. The number of ether oxygens (including phenoxy) is 1. The van der Waals surface area contributed by atoms with Crippen molar-refractivity contribution in [3.63, 3.8) is 0 Å². The fraction of sp³-hybridized carbons (Fsp3) is 0.400. The lowest BCUT2D eigenvalue weighted by Gasteiger charge is -2.15. The van der Waals surface area contributed by atoms with E-state index in [0.29, 0.717) is 11.4 Å². The number of rotatable bonds is 6. The average Bonchev–Trinajstić information content (AvgIpc) is 2.96. The molecule has 0 saturated carbocycles. The van der Waals surface area contributed by atoms with E-state index in [9.17, 15) is 4.79 Å². The molecule has 0 aliphatic rings. The van der Waals surface area contributed by atoms with E-state index < -0.39 is 0 Å². The lowest BCUT2D eigenvalue weighted by Crippen LogP contribution is -2.23.